The Labute approximate surface area is 97.5 Å². The van der Waals surface area contributed by atoms with Gasteiger partial charge in [0, 0.05) is 24.8 Å². The first-order valence-electron chi connectivity index (χ1n) is 5.25. The number of rotatable bonds is 3. The third-order valence-corrected chi connectivity index (χ3v) is 2.52. The lowest BCUT2D eigenvalue weighted by Crippen LogP contribution is -2.22. The fraction of sp³-hybridized carbons (Fsp3) is 0.455. The summed E-state index contributed by atoms with van der Waals surface area (Å²) in [6.45, 7) is 4.95. The summed E-state index contributed by atoms with van der Waals surface area (Å²) in [5, 5.41) is 8.54. The molecule has 1 aromatic rings. The summed E-state index contributed by atoms with van der Waals surface area (Å²) >= 11 is 0. The Kier molecular flexibility index (Phi) is 3.94. The Bertz CT molecular complexity index is 431. The van der Waals surface area contributed by atoms with E-state index >= 15 is 0 Å². The van der Waals surface area contributed by atoms with Crippen LogP contribution in [0.5, 0.6) is 0 Å². The standard InChI is InChI=1S/C11H13F3N3/c1-3-17(4-2)8-5-6-10(16-15)9(7-8)11(12,13)14/h5-7H,3-4H2,1-2H3/q+1. The summed E-state index contributed by atoms with van der Waals surface area (Å²) in [6, 6.07) is 3.68. The number of hydrogen-bond acceptors (Lipinski definition) is 2. The second kappa shape index (κ2) is 5.04. The topological polar surface area (TPSA) is 31.4 Å². The van der Waals surface area contributed by atoms with Crippen molar-refractivity contribution in [1.29, 1.82) is 5.39 Å². The third-order valence-electron chi connectivity index (χ3n) is 2.52. The lowest BCUT2D eigenvalue weighted by atomic mass is 10.1. The highest BCUT2D eigenvalue weighted by Crippen LogP contribution is 2.38. The van der Waals surface area contributed by atoms with Gasteiger partial charge in [-0.15, -0.1) is 0 Å². The van der Waals surface area contributed by atoms with Crippen molar-refractivity contribution < 1.29 is 13.2 Å². The maximum Gasteiger partial charge on any atom is 0.424 e. The number of alkyl halides is 3. The molecule has 0 aliphatic carbocycles. The number of diazo groups is 1. The van der Waals surface area contributed by atoms with Crippen LogP contribution in [0.4, 0.5) is 24.5 Å². The summed E-state index contributed by atoms with van der Waals surface area (Å²) in [6.07, 6.45) is -4.52. The van der Waals surface area contributed by atoms with Gasteiger partial charge in [-0.3, -0.25) is 0 Å². The van der Waals surface area contributed by atoms with Crippen LogP contribution >= 0.6 is 0 Å². The van der Waals surface area contributed by atoms with Crippen LogP contribution < -0.4 is 4.90 Å². The molecular weight excluding hydrogens is 231 g/mol. The average molecular weight is 244 g/mol. The second-order valence-corrected chi connectivity index (χ2v) is 3.47. The number of hydrogen-bond donors (Lipinski definition) is 0. The highest BCUT2D eigenvalue weighted by Gasteiger charge is 2.39. The van der Waals surface area contributed by atoms with Crippen LogP contribution in [-0.4, -0.2) is 13.1 Å². The molecule has 0 N–H and O–H groups in total. The van der Waals surface area contributed by atoms with Crippen LogP contribution in [0.2, 0.25) is 0 Å². The van der Waals surface area contributed by atoms with Crippen LogP contribution in [-0.2, 0) is 6.18 Å². The second-order valence-electron chi connectivity index (χ2n) is 3.47. The van der Waals surface area contributed by atoms with E-state index in [1.807, 2.05) is 13.8 Å². The van der Waals surface area contributed by atoms with Crippen molar-refractivity contribution in [1.82, 2.24) is 0 Å². The van der Waals surface area contributed by atoms with Crippen LogP contribution in [0.3, 0.4) is 0 Å². The van der Waals surface area contributed by atoms with Crippen LogP contribution in [0.25, 0.3) is 4.98 Å². The normalized spacial score (nSPS) is 11.1. The highest BCUT2D eigenvalue weighted by atomic mass is 19.4. The first-order valence-corrected chi connectivity index (χ1v) is 5.25. The monoisotopic (exact) mass is 244 g/mol. The average Bonchev–Trinajstić information content (AvgIpc) is 2.29. The minimum Gasteiger partial charge on any atom is -0.372 e. The van der Waals surface area contributed by atoms with E-state index in [1.54, 1.807) is 4.90 Å². The zero-order valence-electron chi connectivity index (χ0n) is 9.62. The Hall–Kier alpha value is -1.77. The Balaban J connectivity index is 3.28. The molecule has 0 aromatic heterocycles. The van der Waals surface area contributed by atoms with E-state index in [0.717, 1.165) is 12.1 Å². The van der Waals surface area contributed by atoms with E-state index in [2.05, 4.69) is 4.98 Å². The van der Waals surface area contributed by atoms with Gasteiger partial charge in [-0.25, -0.2) is 0 Å². The van der Waals surface area contributed by atoms with Gasteiger partial charge in [0.05, 0.1) is 0 Å². The smallest absolute Gasteiger partial charge is 0.372 e. The predicted octanol–water partition coefficient (Wildman–Crippen LogP) is 4.04. The maximum absolute atomic E-state index is 12.7. The largest absolute Gasteiger partial charge is 0.424 e. The van der Waals surface area contributed by atoms with Crippen molar-refractivity contribution in [2.24, 2.45) is 0 Å². The predicted molar refractivity (Wildman–Crippen MR) is 59.7 cm³/mol. The van der Waals surface area contributed by atoms with E-state index in [0.29, 0.717) is 18.8 Å². The minimum absolute atomic E-state index is 0.464. The summed E-state index contributed by atoms with van der Waals surface area (Å²) in [5.41, 5.74) is -0.924. The summed E-state index contributed by atoms with van der Waals surface area (Å²) in [7, 11) is 0. The number of benzene rings is 1. The lowest BCUT2D eigenvalue weighted by Gasteiger charge is -2.21. The lowest BCUT2D eigenvalue weighted by molar-refractivity contribution is -0.136. The minimum atomic E-state index is -4.52. The molecule has 6 heteroatoms. The van der Waals surface area contributed by atoms with E-state index in [9.17, 15) is 13.2 Å². The molecule has 92 valence electrons. The van der Waals surface area contributed by atoms with Gasteiger partial charge in [-0.05, 0) is 26.0 Å². The van der Waals surface area contributed by atoms with E-state index < -0.39 is 17.4 Å². The fourth-order valence-electron chi connectivity index (χ4n) is 1.62. The van der Waals surface area contributed by atoms with Gasteiger partial charge < -0.3 is 4.90 Å². The SMILES string of the molecule is CCN(CC)c1ccc([N+]#N)c(C(F)(F)F)c1. The van der Waals surface area contributed by atoms with Crippen molar-refractivity contribution >= 4 is 11.4 Å². The molecule has 0 radical (unpaired) electrons. The van der Waals surface area contributed by atoms with Gasteiger partial charge >= 0.3 is 11.9 Å². The van der Waals surface area contributed by atoms with E-state index in [1.165, 1.54) is 6.07 Å². The van der Waals surface area contributed by atoms with E-state index in [-0.39, 0.29) is 0 Å². The number of halogens is 3. The van der Waals surface area contributed by atoms with Crippen LogP contribution in [0.1, 0.15) is 19.4 Å². The quantitative estimate of drug-likeness (QED) is 0.751. The molecule has 0 heterocycles. The van der Waals surface area contributed by atoms with Crippen molar-refractivity contribution in [2.45, 2.75) is 20.0 Å². The first kappa shape index (κ1) is 13.3. The van der Waals surface area contributed by atoms with Crippen molar-refractivity contribution in [3.8, 4) is 0 Å². The molecule has 0 saturated heterocycles. The van der Waals surface area contributed by atoms with Crippen LogP contribution in [0, 0.1) is 5.39 Å². The zero-order valence-corrected chi connectivity index (χ0v) is 9.62. The Morgan fingerprint density at radius 3 is 2.24 bits per heavy atom. The molecule has 0 atom stereocenters. The summed E-state index contributed by atoms with van der Waals surface area (Å²) in [5.74, 6) is 0. The van der Waals surface area contributed by atoms with E-state index in [4.69, 9.17) is 5.39 Å². The molecule has 1 rings (SSSR count). The Morgan fingerprint density at radius 1 is 1.24 bits per heavy atom. The zero-order chi connectivity index (χ0) is 13.1. The number of anilines is 1. The molecule has 0 saturated carbocycles. The molecule has 0 aliphatic rings. The summed E-state index contributed by atoms with van der Waals surface area (Å²) < 4.78 is 38.1. The molecule has 0 aliphatic heterocycles. The van der Waals surface area contributed by atoms with Crippen LogP contribution in [0.15, 0.2) is 18.2 Å². The first-order chi connectivity index (χ1) is 7.93. The van der Waals surface area contributed by atoms with Gasteiger partial charge in [-0.1, -0.05) is 0 Å². The van der Waals surface area contributed by atoms with Crippen molar-refractivity contribution in [3.63, 3.8) is 0 Å². The van der Waals surface area contributed by atoms with Gasteiger partial charge in [0.15, 0.2) is 10.5 Å². The van der Waals surface area contributed by atoms with Gasteiger partial charge in [-0.2, -0.15) is 13.2 Å². The van der Waals surface area contributed by atoms with Gasteiger partial charge in [0.25, 0.3) is 0 Å². The molecule has 0 spiro atoms. The maximum atomic E-state index is 12.7. The molecular formula is C11H13F3N3+. The van der Waals surface area contributed by atoms with Gasteiger partial charge in [0.2, 0.25) is 5.39 Å². The van der Waals surface area contributed by atoms with Crippen molar-refractivity contribution in [3.05, 3.63) is 28.7 Å². The van der Waals surface area contributed by atoms with Gasteiger partial charge in [0.1, 0.15) is 0 Å². The molecule has 1 aromatic carbocycles. The highest BCUT2D eigenvalue weighted by molar-refractivity contribution is 5.62. The third kappa shape index (κ3) is 2.87. The molecule has 3 nitrogen and oxygen atoms in total. The molecule has 0 fully saturated rings. The summed E-state index contributed by atoms with van der Waals surface area (Å²) in [4.78, 5) is 4.44. The molecule has 0 bridgehead atoms. The van der Waals surface area contributed by atoms with Crippen molar-refractivity contribution in [2.75, 3.05) is 18.0 Å². The molecule has 0 amide bonds. The number of nitrogens with zero attached hydrogens (tertiary/aromatic N) is 3. The fourth-order valence-corrected chi connectivity index (χ4v) is 1.62. The molecule has 17 heavy (non-hydrogen) atoms. The molecule has 0 unspecified atom stereocenters. The Morgan fingerprint density at radius 2 is 1.82 bits per heavy atom.